The molecule has 0 aliphatic heterocycles. The molecule has 0 heterocycles. The van der Waals surface area contributed by atoms with E-state index in [-0.39, 0.29) is 11.7 Å². The largest absolute Gasteiger partial charge is 0.508 e. The molecule has 0 aromatic heterocycles. The van der Waals surface area contributed by atoms with Crippen LogP contribution in [0.15, 0.2) is 48.5 Å². The number of phenols is 1. The maximum atomic E-state index is 12.0. The second kappa shape index (κ2) is 7.97. The van der Waals surface area contributed by atoms with E-state index in [1.165, 1.54) is 5.56 Å². The van der Waals surface area contributed by atoms with Gasteiger partial charge in [0.15, 0.2) is 0 Å². The number of carbonyl (C=O) groups excluding carboxylic acids is 1. The van der Waals surface area contributed by atoms with E-state index in [0.717, 1.165) is 25.1 Å². The Kier molecular flexibility index (Phi) is 5.99. The average molecular weight is 327 g/mol. The summed E-state index contributed by atoms with van der Waals surface area (Å²) in [6, 6.07) is 14.7. The molecule has 0 saturated heterocycles. The van der Waals surface area contributed by atoms with Gasteiger partial charge in [0.25, 0.3) is 0 Å². The zero-order valence-electron chi connectivity index (χ0n) is 14.5. The monoisotopic (exact) mass is 327 g/mol. The minimum Gasteiger partial charge on any atom is -0.508 e. The molecule has 0 amide bonds. The molecule has 4 nitrogen and oxygen atoms in total. The zero-order chi connectivity index (χ0) is 17.6. The van der Waals surface area contributed by atoms with Crippen LogP contribution in [0, 0.1) is 0 Å². The first kappa shape index (κ1) is 18.0. The molecule has 128 valence electrons. The number of phenolic OH excluding ortho intramolecular Hbond substituents is 1. The maximum Gasteiger partial charge on any atom is 0.338 e. The quantitative estimate of drug-likeness (QED) is 0.628. The van der Waals surface area contributed by atoms with Gasteiger partial charge in [-0.3, -0.25) is 0 Å². The van der Waals surface area contributed by atoms with Crippen LogP contribution in [0.25, 0.3) is 0 Å². The van der Waals surface area contributed by atoms with Gasteiger partial charge in [-0.1, -0.05) is 24.3 Å². The topological polar surface area (TPSA) is 58.6 Å². The van der Waals surface area contributed by atoms with Crippen LogP contribution in [-0.4, -0.2) is 23.2 Å². The summed E-state index contributed by atoms with van der Waals surface area (Å²) in [5.41, 5.74) is 2.39. The molecule has 0 aliphatic rings. The first-order valence-electron chi connectivity index (χ1n) is 8.14. The van der Waals surface area contributed by atoms with Crippen LogP contribution in [0.4, 0.5) is 0 Å². The van der Waals surface area contributed by atoms with Crippen LogP contribution < -0.4 is 5.32 Å². The van der Waals surface area contributed by atoms with Crippen LogP contribution in [0.1, 0.15) is 42.3 Å². The number of nitrogens with one attached hydrogen (secondary N) is 1. The van der Waals surface area contributed by atoms with Crippen molar-refractivity contribution in [2.45, 2.75) is 39.3 Å². The van der Waals surface area contributed by atoms with Crippen LogP contribution in [0.2, 0.25) is 0 Å². The van der Waals surface area contributed by atoms with E-state index >= 15 is 0 Å². The number of carbonyl (C=O) groups is 1. The van der Waals surface area contributed by atoms with Gasteiger partial charge in [-0.2, -0.15) is 0 Å². The lowest BCUT2D eigenvalue weighted by atomic mass is 10.1. The Morgan fingerprint density at radius 1 is 1.00 bits per heavy atom. The third-order valence-corrected chi connectivity index (χ3v) is 3.44. The van der Waals surface area contributed by atoms with Gasteiger partial charge in [0.1, 0.15) is 11.4 Å². The van der Waals surface area contributed by atoms with E-state index in [4.69, 9.17) is 4.74 Å². The molecule has 4 heteroatoms. The molecule has 2 aromatic rings. The van der Waals surface area contributed by atoms with Crippen LogP contribution >= 0.6 is 0 Å². The standard InChI is InChI=1S/C20H25NO3/c1-20(2,3)24-19(23)17-8-4-16(5-9-17)14-21-13-12-15-6-10-18(22)11-7-15/h4-11,21-22H,12-14H2,1-3H3. The van der Waals surface area contributed by atoms with Crippen molar-refractivity contribution in [2.24, 2.45) is 0 Å². The Labute approximate surface area is 143 Å². The third-order valence-electron chi connectivity index (χ3n) is 3.44. The third kappa shape index (κ3) is 6.05. The number of esters is 1. The first-order valence-corrected chi connectivity index (χ1v) is 8.14. The number of hydrogen-bond donors (Lipinski definition) is 2. The van der Waals surface area contributed by atoms with Gasteiger partial charge in [0, 0.05) is 6.54 Å². The summed E-state index contributed by atoms with van der Waals surface area (Å²) >= 11 is 0. The summed E-state index contributed by atoms with van der Waals surface area (Å²) < 4.78 is 5.35. The SMILES string of the molecule is CC(C)(C)OC(=O)c1ccc(CNCCc2ccc(O)cc2)cc1. The molecule has 0 atom stereocenters. The van der Waals surface area contributed by atoms with Gasteiger partial charge in [0.2, 0.25) is 0 Å². The Hall–Kier alpha value is -2.33. The Bertz CT molecular complexity index is 655. The van der Waals surface area contributed by atoms with Crippen molar-refractivity contribution in [1.29, 1.82) is 0 Å². The van der Waals surface area contributed by atoms with Crippen molar-refractivity contribution in [3.63, 3.8) is 0 Å². The molecule has 0 aliphatic carbocycles. The molecular formula is C20H25NO3. The zero-order valence-corrected chi connectivity index (χ0v) is 14.5. The number of aromatic hydroxyl groups is 1. The fraction of sp³-hybridized carbons (Fsp3) is 0.350. The van der Waals surface area contributed by atoms with Gasteiger partial charge >= 0.3 is 5.97 Å². The van der Waals surface area contributed by atoms with E-state index in [9.17, 15) is 9.90 Å². The number of benzene rings is 2. The molecule has 2 aromatic carbocycles. The van der Waals surface area contributed by atoms with E-state index in [1.54, 1.807) is 24.3 Å². The highest BCUT2D eigenvalue weighted by atomic mass is 16.6. The summed E-state index contributed by atoms with van der Waals surface area (Å²) in [5.74, 6) is -0.00822. The van der Waals surface area contributed by atoms with Crippen molar-refractivity contribution in [3.05, 3.63) is 65.2 Å². The average Bonchev–Trinajstić information content (AvgIpc) is 2.52. The molecule has 0 radical (unpaired) electrons. The second-order valence-electron chi connectivity index (χ2n) is 6.79. The van der Waals surface area contributed by atoms with Gasteiger partial charge < -0.3 is 15.2 Å². The van der Waals surface area contributed by atoms with Gasteiger partial charge in [0.05, 0.1) is 5.56 Å². The minimum absolute atomic E-state index is 0.289. The lowest BCUT2D eigenvalue weighted by molar-refractivity contribution is 0.00695. The van der Waals surface area contributed by atoms with Crippen LogP contribution in [-0.2, 0) is 17.7 Å². The van der Waals surface area contributed by atoms with E-state index in [2.05, 4.69) is 5.32 Å². The number of ether oxygens (including phenoxy) is 1. The smallest absolute Gasteiger partial charge is 0.338 e. The molecule has 2 rings (SSSR count). The summed E-state index contributed by atoms with van der Waals surface area (Å²) in [6.07, 6.45) is 0.899. The lowest BCUT2D eigenvalue weighted by Crippen LogP contribution is -2.23. The van der Waals surface area contributed by atoms with E-state index in [1.807, 2.05) is 45.0 Å². The van der Waals surface area contributed by atoms with Gasteiger partial charge in [-0.05, 0) is 69.1 Å². The fourth-order valence-corrected chi connectivity index (χ4v) is 2.22. The van der Waals surface area contributed by atoms with Crippen molar-refractivity contribution in [3.8, 4) is 5.75 Å². The highest BCUT2D eigenvalue weighted by Crippen LogP contribution is 2.13. The Balaban J connectivity index is 1.77. The summed E-state index contributed by atoms with van der Waals surface area (Å²) in [5, 5.41) is 12.6. The van der Waals surface area contributed by atoms with Gasteiger partial charge in [-0.25, -0.2) is 4.79 Å². The van der Waals surface area contributed by atoms with Crippen molar-refractivity contribution in [2.75, 3.05) is 6.54 Å². The molecule has 0 fully saturated rings. The first-order chi connectivity index (χ1) is 11.3. The van der Waals surface area contributed by atoms with Gasteiger partial charge in [-0.15, -0.1) is 0 Å². The normalized spacial score (nSPS) is 11.3. The molecule has 2 N–H and O–H groups in total. The highest BCUT2D eigenvalue weighted by molar-refractivity contribution is 5.89. The molecule has 0 unspecified atom stereocenters. The molecule has 24 heavy (non-hydrogen) atoms. The van der Waals surface area contributed by atoms with Crippen molar-refractivity contribution >= 4 is 5.97 Å². The summed E-state index contributed by atoms with van der Waals surface area (Å²) in [6.45, 7) is 7.16. The van der Waals surface area contributed by atoms with E-state index < -0.39 is 5.60 Å². The molecule has 0 spiro atoms. The Morgan fingerprint density at radius 3 is 2.17 bits per heavy atom. The highest BCUT2D eigenvalue weighted by Gasteiger charge is 2.17. The molecule has 0 bridgehead atoms. The van der Waals surface area contributed by atoms with Crippen molar-refractivity contribution < 1.29 is 14.6 Å². The van der Waals surface area contributed by atoms with Crippen LogP contribution in [0.5, 0.6) is 5.75 Å². The van der Waals surface area contributed by atoms with Crippen molar-refractivity contribution in [1.82, 2.24) is 5.32 Å². The summed E-state index contributed by atoms with van der Waals surface area (Å²) in [4.78, 5) is 12.0. The molecular weight excluding hydrogens is 302 g/mol. The maximum absolute atomic E-state index is 12.0. The lowest BCUT2D eigenvalue weighted by Gasteiger charge is -2.19. The number of rotatable bonds is 6. The minimum atomic E-state index is -0.481. The predicted molar refractivity (Wildman–Crippen MR) is 95.1 cm³/mol. The Morgan fingerprint density at radius 2 is 1.58 bits per heavy atom. The van der Waals surface area contributed by atoms with E-state index in [0.29, 0.717) is 5.56 Å². The number of hydrogen-bond acceptors (Lipinski definition) is 4. The molecule has 0 saturated carbocycles. The fourth-order valence-electron chi connectivity index (χ4n) is 2.22. The second-order valence-corrected chi connectivity index (χ2v) is 6.79. The van der Waals surface area contributed by atoms with Crippen LogP contribution in [0.3, 0.4) is 0 Å². The summed E-state index contributed by atoms with van der Waals surface area (Å²) in [7, 11) is 0. The predicted octanol–water partition coefficient (Wildman–Crippen LogP) is 3.68.